The average molecular weight is 540 g/mol. The largest absolute Gasteiger partial charge is 0.497 e. The molecule has 0 bridgehead atoms. The highest BCUT2D eigenvalue weighted by Crippen LogP contribution is 2.46. The number of nitrogens with two attached hydrogens (primary N) is 1. The van der Waals surface area contributed by atoms with E-state index in [4.69, 9.17) is 10.5 Å². The monoisotopic (exact) mass is 539 g/mol. The van der Waals surface area contributed by atoms with Crippen molar-refractivity contribution in [1.82, 2.24) is 4.98 Å². The molecule has 3 aromatic carbocycles. The minimum absolute atomic E-state index is 0.0327. The average Bonchev–Trinajstić information content (AvgIpc) is 3.38. The number of methoxy groups -OCH3 is 1. The maximum atomic E-state index is 14.5. The van der Waals surface area contributed by atoms with Gasteiger partial charge in [0.05, 0.1) is 19.1 Å². The molecule has 206 valence electrons. The fourth-order valence-electron chi connectivity index (χ4n) is 6.18. The van der Waals surface area contributed by atoms with E-state index < -0.39 is 17.4 Å². The summed E-state index contributed by atoms with van der Waals surface area (Å²) in [7, 11) is 1.56. The van der Waals surface area contributed by atoms with Crippen LogP contribution in [0.4, 0.5) is 5.69 Å². The van der Waals surface area contributed by atoms with Crippen LogP contribution in [-0.2, 0) is 21.5 Å². The Kier molecular flexibility index (Phi) is 7.60. The van der Waals surface area contributed by atoms with Crippen molar-refractivity contribution in [1.29, 1.82) is 0 Å². The van der Waals surface area contributed by atoms with Crippen molar-refractivity contribution in [3.05, 3.63) is 95.7 Å². The van der Waals surface area contributed by atoms with Crippen LogP contribution in [0.2, 0.25) is 0 Å². The van der Waals surface area contributed by atoms with Gasteiger partial charge in [0.25, 0.3) is 0 Å². The van der Waals surface area contributed by atoms with E-state index in [0.717, 1.165) is 35.7 Å². The number of aromatic nitrogens is 1. The molecule has 8 heteroatoms. The molecule has 1 atom stereocenters. The molecule has 1 unspecified atom stereocenters. The number of anilines is 1. The summed E-state index contributed by atoms with van der Waals surface area (Å²) < 4.78 is 5.36. The molecule has 5 rings (SSSR count). The van der Waals surface area contributed by atoms with E-state index in [1.165, 1.54) is 12.1 Å². The van der Waals surface area contributed by atoms with Crippen molar-refractivity contribution >= 4 is 34.4 Å². The third kappa shape index (κ3) is 4.81. The maximum absolute atomic E-state index is 14.5. The highest BCUT2D eigenvalue weighted by molar-refractivity contribution is 6.06. The lowest BCUT2D eigenvalue weighted by Gasteiger charge is -2.48. The van der Waals surface area contributed by atoms with Gasteiger partial charge in [-0.15, -0.1) is 0 Å². The number of carbonyl (C=O) groups is 3. The van der Waals surface area contributed by atoms with Gasteiger partial charge in [-0.1, -0.05) is 49.6 Å². The number of rotatable bonds is 9. The summed E-state index contributed by atoms with van der Waals surface area (Å²) in [6, 6.07) is 21.0. The third-order valence-electron chi connectivity index (χ3n) is 8.09. The fourth-order valence-corrected chi connectivity index (χ4v) is 6.18. The molecule has 8 nitrogen and oxygen atoms in total. The zero-order valence-corrected chi connectivity index (χ0v) is 22.4. The van der Waals surface area contributed by atoms with Gasteiger partial charge in [0, 0.05) is 22.8 Å². The second-order valence-electron chi connectivity index (χ2n) is 10.3. The zero-order valence-electron chi connectivity index (χ0n) is 22.4. The standard InChI is InChI=1S/C32H33N3O5/c1-40-26-17-15-25(16-18-26)35(29(36)19-22-20-34-28-10-6-5-9-27(22)28)32(31(33)39,23-7-3-2-4-8-23)24-13-11-21(12-14-24)30(37)38/h5-6,9-18,20,23,34H,2-4,7-8,19H2,1H3,(H2,33,39)(H,37,38). The van der Waals surface area contributed by atoms with Crippen LogP contribution < -0.4 is 15.4 Å². The molecule has 1 saturated carbocycles. The summed E-state index contributed by atoms with van der Waals surface area (Å²) in [6.07, 6.45) is 6.11. The predicted octanol–water partition coefficient (Wildman–Crippen LogP) is 5.41. The van der Waals surface area contributed by atoms with Crippen molar-refractivity contribution < 1.29 is 24.2 Å². The van der Waals surface area contributed by atoms with Crippen LogP contribution in [0.25, 0.3) is 10.9 Å². The topological polar surface area (TPSA) is 126 Å². The molecule has 2 amide bonds. The first-order chi connectivity index (χ1) is 19.4. The normalized spacial score (nSPS) is 15.3. The Morgan fingerprint density at radius 3 is 2.27 bits per heavy atom. The minimum atomic E-state index is -1.53. The molecule has 1 aliphatic rings. The van der Waals surface area contributed by atoms with Gasteiger partial charge in [-0.3, -0.25) is 14.5 Å². The maximum Gasteiger partial charge on any atom is 0.335 e. The van der Waals surface area contributed by atoms with Gasteiger partial charge in [0.1, 0.15) is 5.75 Å². The summed E-state index contributed by atoms with van der Waals surface area (Å²) in [5.41, 5.74) is 7.64. The number of hydrogen-bond donors (Lipinski definition) is 3. The number of carbonyl (C=O) groups excluding carboxylic acids is 2. The van der Waals surface area contributed by atoms with E-state index in [9.17, 15) is 19.5 Å². The second-order valence-corrected chi connectivity index (χ2v) is 10.3. The number of nitrogens with one attached hydrogen (secondary N) is 1. The smallest absolute Gasteiger partial charge is 0.335 e. The summed E-state index contributed by atoms with van der Waals surface area (Å²) in [4.78, 5) is 44.8. The second kappa shape index (κ2) is 11.3. The van der Waals surface area contributed by atoms with Gasteiger partial charge in [0.15, 0.2) is 5.54 Å². The lowest BCUT2D eigenvalue weighted by atomic mass is 9.68. The molecule has 0 aliphatic heterocycles. The fraction of sp³-hybridized carbons (Fsp3) is 0.281. The Morgan fingerprint density at radius 1 is 0.975 bits per heavy atom. The lowest BCUT2D eigenvalue weighted by Crippen LogP contribution is -2.62. The van der Waals surface area contributed by atoms with Crippen molar-refractivity contribution in [2.24, 2.45) is 11.7 Å². The number of hydrogen-bond acceptors (Lipinski definition) is 4. The number of carboxylic acid groups (broad SMARTS) is 1. The van der Waals surface area contributed by atoms with E-state index in [-0.39, 0.29) is 23.8 Å². The Balaban J connectivity index is 1.72. The van der Waals surface area contributed by atoms with Gasteiger partial charge >= 0.3 is 5.97 Å². The van der Waals surface area contributed by atoms with Gasteiger partial charge in [-0.2, -0.15) is 0 Å². The highest BCUT2D eigenvalue weighted by Gasteiger charge is 2.53. The number of para-hydroxylation sites is 1. The molecule has 1 aliphatic carbocycles. The van der Waals surface area contributed by atoms with E-state index in [0.29, 0.717) is 29.8 Å². The number of H-pyrrole nitrogens is 1. The SMILES string of the molecule is COc1ccc(N(C(=O)Cc2c[nH]c3ccccc23)C(C(N)=O)(c2ccc(C(=O)O)cc2)C2CCCCC2)cc1. The highest BCUT2D eigenvalue weighted by atomic mass is 16.5. The zero-order chi connectivity index (χ0) is 28.3. The van der Waals surface area contributed by atoms with Crippen LogP contribution >= 0.6 is 0 Å². The molecular weight excluding hydrogens is 506 g/mol. The number of carboxylic acids is 1. The number of ether oxygens (including phenoxy) is 1. The van der Waals surface area contributed by atoms with E-state index in [1.54, 1.807) is 48.4 Å². The van der Waals surface area contributed by atoms with Crippen LogP contribution in [0.5, 0.6) is 5.75 Å². The number of benzene rings is 3. The Labute approximate surface area is 232 Å². The van der Waals surface area contributed by atoms with Crippen LogP contribution in [-0.4, -0.2) is 35.0 Å². The van der Waals surface area contributed by atoms with Crippen molar-refractivity contribution in [3.8, 4) is 5.75 Å². The number of primary amides is 1. The Morgan fingerprint density at radius 2 is 1.65 bits per heavy atom. The van der Waals surface area contributed by atoms with Crippen LogP contribution in [0.3, 0.4) is 0 Å². The summed E-state index contributed by atoms with van der Waals surface area (Å²) >= 11 is 0. The predicted molar refractivity (Wildman–Crippen MR) is 153 cm³/mol. The summed E-state index contributed by atoms with van der Waals surface area (Å²) in [6.45, 7) is 0. The number of amides is 2. The Hall–Kier alpha value is -4.59. The molecule has 4 N–H and O–H groups in total. The molecule has 40 heavy (non-hydrogen) atoms. The first kappa shape index (κ1) is 27.0. The summed E-state index contributed by atoms with van der Waals surface area (Å²) in [5, 5.41) is 10.4. The molecule has 0 saturated heterocycles. The number of nitrogens with zero attached hydrogens (tertiary/aromatic N) is 1. The first-order valence-corrected chi connectivity index (χ1v) is 13.5. The van der Waals surface area contributed by atoms with Crippen LogP contribution in [0.15, 0.2) is 79.0 Å². The number of aromatic amines is 1. The number of aromatic carboxylic acids is 1. The van der Waals surface area contributed by atoms with Crippen LogP contribution in [0.1, 0.15) is 53.6 Å². The van der Waals surface area contributed by atoms with Gasteiger partial charge in [-0.25, -0.2) is 4.79 Å². The van der Waals surface area contributed by atoms with Crippen molar-refractivity contribution in [2.45, 2.75) is 44.1 Å². The number of fused-ring (bicyclic) bond motifs is 1. The Bertz CT molecular complexity index is 1520. The van der Waals surface area contributed by atoms with E-state index in [2.05, 4.69) is 4.98 Å². The van der Waals surface area contributed by atoms with Crippen LogP contribution in [0, 0.1) is 5.92 Å². The lowest BCUT2D eigenvalue weighted by molar-refractivity contribution is -0.131. The molecule has 0 spiro atoms. The molecule has 4 aromatic rings. The molecule has 1 aromatic heterocycles. The van der Waals surface area contributed by atoms with Gasteiger partial charge in [-0.05, 0) is 72.4 Å². The minimum Gasteiger partial charge on any atom is -0.497 e. The van der Waals surface area contributed by atoms with Crippen molar-refractivity contribution in [3.63, 3.8) is 0 Å². The molecule has 0 radical (unpaired) electrons. The molecule has 1 fully saturated rings. The quantitative estimate of drug-likeness (QED) is 0.262. The molecular formula is C32H33N3O5. The van der Waals surface area contributed by atoms with Gasteiger partial charge in [0.2, 0.25) is 11.8 Å². The summed E-state index contributed by atoms with van der Waals surface area (Å²) in [5.74, 6) is -1.66. The van der Waals surface area contributed by atoms with Crippen molar-refractivity contribution in [2.75, 3.05) is 12.0 Å². The van der Waals surface area contributed by atoms with Gasteiger partial charge < -0.3 is 20.6 Å². The first-order valence-electron chi connectivity index (χ1n) is 13.5. The molecule has 1 heterocycles. The third-order valence-corrected chi connectivity index (χ3v) is 8.09. The van der Waals surface area contributed by atoms with E-state index >= 15 is 0 Å². The van der Waals surface area contributed by atoms with E-state index in [1.807, 2.05) is 30.5 Å².